The molecule has 0 fully saturated rings. The van der Waals surface area contributed by atoms with E-state index in [1.807, 2.05) is 0 Å². The first-order valence-corrected chi connectivity index (χ1v) is 7.40. The van der Waals surface area contributed by atoms with Crippen LogP contribution in [0, 0.1) is 11.3 Å². The molecule has 1 aliphatic carbocycles. The van der Waals surface area contributed by atoms with Crippen LogP contribution in [0.25, 0.3) is 0 Å². The van der Waals surface area contributed by atoms with Crippen LogP contribution in [0.15, 0.2) is 23.3 Å². The van der Waals surface area contributed by atoms with E-state index in [4.69, 9.17) is 5.11 Å². The normalized spacial score (nSPS) is 23.9. The summed E-state index contributed by atoms with van der Waals surface area (Å²) in [6.07, 6.45) is 11.7. The van der Waals surface area contributed by atoms with E-state index in [2.05, 4.69) is 39.8 Å². The van der Waals surface area contributed by atoms with E-state index < -0.39 is 0 Å². The van der Waals surface area contributed by atoms with Crippen LogP contribution in [0.1, 0.15) is 66.2 Å². The summed E-state index contributed by atoms with van der Waals surface area (Å²) in [5.41, 5.74) is 3.54. The lowest BCUT2D eigenvalue weighted by Crippen LogP contribution is -2.27. The Morgan fingerprint density at radius 1 is 1.50 bits per heavy atom. The molecule has 104 valence electrons. The zero-order valence-electron chi connectivity index (χ0n) is 12.6. The van der Waals surface area contributed by atoms with Crippen LogP contribution >= 0.6 is 0 Å². The van der Waals surface area contributed by atoms with Gasteiger partial charge in [-0.25, -0.2) is 0 Å². The molecule has 1 unspecified atom stereocenters. The van der Waals surface area contributed by atoms with Crippen LogP contribution in [0.2, 0.25) is 0 Å². The van der Waals surface area contributed by atoms with Crippen LogP contribution in [0.3, 0.4) is 0 Å². The maximum absolute atomic E-state index is 8.78. The second-order valence-electron chi connectivity index (χ2n) is 6.48. The molecule has 1 aliphatic rings. The highest BCUT2D eigenvalue weighted by Crippen LogP contribution is 2.43. The molecule has 0 amide bonds. The molecule has 0 aliphatic heterocycles. The summed E-state index contributed by atoms with van der Waals surface area (Å²) < 4.78 is 0. The Bertz CT molecular complexity index is 310. The minimum absolute atomic E-state index is 0.307. The van der Waals surface area contributed by atoms with Crippen molar-refractivity contribution in [2.45, 2.75) is 66.2 Å². The van der Waals surface area contributed by atoms with Gasteiger partial charge >= 0.3 is 0 Å². The first-order chi connectivity index (χ1) is 8.47. The molecule has 0 saturated heterocycles. The van der Waals surface area contributed by atoms with E-state index >= 15 is 0 Å². The van der Waals surface area contributed by atoms with Gasteiger partial charge in [0.1, 0.15) is 0 Å². The third-order valence-electron chi connectivity index (χ3n) is 4.43. The molecule has 0 aromatic heterocycles. The third kappa shape index (κ3) is 4.61. The number of aliphatic hydroxyl groups is 1. The van der Waals surface area contributed by atoms with Crippen LogP contribution in [0.5, 0.6) is 0 Å². The molecule has 1 atom stereocenters. The van der Waals surface area contributed by atoms with Crippen molar-refractivity contribution in [3.8, 4) is 0 Å². The average molecular weight is 250 g/mol. The van der Waals surface area contributed by atoms with Gasteiger partial charge < -0.3 is 5.11 Å². The smallest absolute Gasteiger partial charge is 0.0433 e. The molecular formula is C17H30O. The van der Waals surface area contributed by atoms with Gasteiger partial charge in [-0.05, 0) is 63.7 Å². The SMILES string of the molecule is CC(=CCCCO)CCC1C(C)=CCCC1(C)C. The quantitative estimate of drug-likeness (QED) is 0.527. The second-order valence-corrected chi connectivity index (χ2v) is 6.48. The minimum Gasteiger partial charge on any atom is -0.396 e. The fourth-order valence-corrected chi connectivity index (χ4v) is 3.14. The van der Waals surface area contributed by atoms with Gasteiger partial charge in [-0.1, -0.05) is 37.1 Å². The van der Waals surface area contributed by atoms with E-state index in [1.54, 1.807) is 5.57 Å². The van der Waals surface area contributed by atoms with Crippen LogP contribution in [-0.2, 0) is 0 Å². The van der Waals surface area contributed by atoms with Crippen molar-refractivity contribution in [1.29, 1.82) is 0 Å². The van der Waals surface area contributed by atoms with Gasteiger partial charge in [-0.2, -0.15) is 0 Å². The summed E-state index contributed by atoms with van der Waals surface area (Å²) in [6, 6.07) is 0. The van der Waals surface area contributed by atoms with Crippen molar-refractivity contribution >= 4 is 0 Å². The van der Waals surface area contributed by atoms with Gasteiger partial charge in [-0.3, -0.25) is 0 Å². The first-order valence-electron chi connectivity index (χ1n) is 7.40. The van der Waals surface area contributed by atoms with Crippen LogP contribution < -0.4 is 0 Å². The molecule has 1 heteroatoms. The molecule has 0 spiro atoms. The van der Waals surface area contributed by atoms with E-state index in [0.29, 0.717) is 12.0 Å². The second kappa shape index (κ2) is 7.13. The molecule has 0 aromatic rings. The molecule has 0 bridgehead atoms. The fourth-order valence-electron chi connectivity index (χ4n) is 3.14. The van der Waals surface area contributed by atoms with E-state index in [9.17, 15) is 0 Å². The Hall–Kier alpha value is -0.560. The summed E-state index contributed by atoms with van der Waals surface area (Å²) in [5, 5.41) is 8.78. The van der Waals surface area contributed by atoms with Gasteiger partial charge in [0.25, 0.3) is 0 Å². The summed E-state index contributed by atoms with van der Waals surface area (Å²) in [6.45, 7) is 9.67. The van der Waals surface area contributed by atoms with Crippen molar-refractivity contribution in [2.24, 2.45) is 11.3 Å². The number of allylic oxidation sites excluding steroid dienone is 4. The topological polar surface area (TPSA) is 20.2 Å². The van der Waals surface area contributed by atoms with E-state index in [-0.39, 0.29) is 0 Å². The summed E-state index contributed by atoms with van der Waals surface area (Å²) >= 11 is 0. The molecule has 0 heterocycles. The van der Waals surface area contributed by atoms with Crippen LogP contribution in [0.4, 0.5) is 0 Å². The van der Waals surface area contributed by atoms with Crippen molar-refractivity contribution in [1.82, 2.24) is 0 Å². The Morgan fingerprint density at radius 2 is 2.22 bits per heavy atom. The standard InChI is InChI=1S/C17H30O/c1-14(8-5-6-13-18)10-11-16-15(2)9-7-12-17(16,3)4/h8-9,16,18H,5-7,10-13H2,1-4H3. The first kappa shape index (κ1) is 15.5. The summed E-state index contributed by atoms with van der Waals surface area (Å²) in [5.74, 6) is 0.743. The zero-order valence-corrected chi connectivity index (χ0v) is 12.6. The monoisotopic (exact) mass is 250 g/mol. The third-order valence-corrected chi connectivity index (χ3v) is 4.43. The zero-order chi connectivity index (χ0) is 13.6. The van der Waals surface area contributed by atoms with Crippen molar-refractivity contribution in [2.75, 3.05) is 6.61 Å². The predicted octanol–water partition coefficient (Wildman–Crippen LogP) is 4.87. The maximum atomic E-state index is 8.78. The minimum atomic E-state index is 0.307. The summed E-state index contributed by atoms with van der Waals surface area (Å²) in [4.78, 5) is 0. The van der Waals surface area contributed by atoms with E-state index in [1.165, 1.54) is 31.3 Å². The Kier molecular flexibility index (Phi) is 6.14. The molecule has 0 aromatic carbocycles. The van der Waals surface area contributed by atoms with Crippen molar-refractivity contribution in [3.63, 3.8) is 0 Å². The number of rotatable bonds is 6. The fraction of sp³-hybridized carbons (Fsp3) is 0.765. The highest BCUT2D eigenvalue weighted by Gasteiger charge is 2.32. The van der Waals surface area contributed by atoms with Gasteiger partial charge in [-0.15, -0.1) is 0 Å². The molecular weight excluding hydrogens is 220 g/mol. The Morgan fingerprint density at radius 3 is 2.83 bits per heavy atom. The molecule has 0 saturated carbocycles. The number of aliphatic hydroxyl groups excluding tert-OH is 1. The lowest BCUT2D eigenvalue weighted by atomic mass is 9.67. The molecule has 1 nitrogen and oxygen atoms in total. The van der Waals surface area contributed by atoms with Crippen LogP contribution in [-0.4, -0.2) is 11.7 Å². The average Bonchev–Trinajstić information content (AvgIpc) is 2.28. The largest absolute Gasteiger partial charge is 0.396 e. The van der Waals surface area contributed by atoms with Gasteiger partial charge in [0.15, 0.2) is 0 Å². The highest BCUT2D eigenvalue weighted by atomic mass is 16.2. The maximum Gasteiger partial charge on any atom is 0.0433 e. The lowest BCUT2D eigenvalue weighted by molar-refractivity contribution is 0.204. The number of hydrogen-bond acceptors (Lipinski definition) is 1. The summed E-state index contributed by atoms with van der Waals surface area (Å²) in [7, 11) is 0. The number of unbranched alkanes of at least 4 members (excludes halogenated alkanes) is 1. The van der Waals surface area contributed by atoms with Crippen molar-refractivity contribution in [3.05, 3.63) is 23.3 Å². The highest BCUT2D eigenvalue weighted by molar-refractivity contribution is 5.13. The number of hydrogen-bond donors (Lipinski definition) is 1. The molecule has 0 radical (unpaired) electrons. The predicted molar refractivity (Wildman–Crippen MR) is 79.6 cm³/mol. The molecule has 1 N–H and O–H groups in total. The van der Waals surface area contributed by atoms with Gasteiger partial charge in [0.2, 0.25) is 0 Å². The Balaban J connectivity index is 2.48. The lowest BCUT2D eigenvalue weighted by Gasteiger charge is -2.38. The molecule has 1 rings (SSSR count). The van der Waals surface area contributed by atoms with Gasteiger partial charge in [0, 0.05) is 6.61 Å². The van der Waals surface area contributed by atoms with Crippen molar-refractivity contribution < 1.29 is 5.11 Å². The Labute approximate surface area is 113 Å². The van der Waals surface area contributed by atoms with E-state index in [0.717, 1.165) is 18.8 Å². The van der Waals surface area contributed by atoms with Gasteiger partial charge in [0.05, 0.1) is 0 Å². The molecule has 18 heavy (non-hydrogen) atoms.